The van der Waals surface area contributed by atoms with Crippen molar-refractivity contribution in [3.05, 3.63) is 46.9 Å². The molecular formula is C14H10O6. The highest BCUT2D eigenvalue weighted by Crippen LogP contribution is 2.44. The lowest BCUT2D eigenvalue weighted by Gasteiger charge is -2.32. The summed E-state index contributed by atoms with van der Waals surface area (Å²) < 4.78 is 0. The molecule has 0 saturated carbocycles. The molecule has 0 heterocycles. The number of phenols is 2. The van der Waals surface area contributed by atoms with Gasteiger partial charge < -0.3 is 20.4 Å². The van der Waals surface area contributed by atoms with Crippen LogP contribution in [0.2, 0.25) is 0 Å². The fourth-order valence-corrected chi connectivity index (χ4v) is 2.68. The lowest BCUT2D eigenvalue weighted by atomic mass is 9.70. The molecule has 0 amide bonds. The number of benzene rings is 1. The van der Waals surface area contributed by atoms with Gasteiger partial charge in [0.25, 0.3) is 0 Å². The van der Waals surface area contributed by atoms with Crippen molar-refractivity contribution in [2.24, 2.45) is 11.8 Å². The molecule has 0 bridgehead atoms. The molecule has 0 saturated heterocycles. The number of rotatable bonds is 0. The molecule has 0 spiro atoms. The van der Waals surface area contributed by atoms with Gasteiger partial charge in [0.15, 0.2) is 11.6 Å². The van der Waals surface area contributed by atoms with Crippen molar-refractivity contribution in [1.82, 2.24) is 0 Å². The lowest BCUT2D eigenvalue weighted by Crippen LogP contribution is -2.40. The second-order valence-electron chi connectivity index (χ2n) is 4.72. The molecule has 102 valence electrons. The minimum absolute atomic E-state index is 0.328. The summed E-state index contributed by atoms with van der Waals surface area (Å²) in [5, 5.41) is 39.1. The third kappa shape index (κ3) is 1.38. The van der Waals surface area contributed by atoms with Crippen molar-refractivity contribution in [3.63, 3.8) is 0 Å². The minimum atomic E-state index is -1.27. The second kappa shape index (κ2) is 3.86. The zero-order valence-electron chi connectivity index (χ0n) is 10.1. The van der Waals surface area contributed by atoms with Gasteiger partial charge in [-0.2, -0.15) is 0 Å². The van der Waals surface area contributed by atoms with Crippen LogP contribution < -0.4 is 0 Å². The van der Waals surface area contributed by atoms with Crippen LogP contribution in [-0.4, -0.2) is 32.0 Å². The highest BCUT2D eigenvalue weighted by molar-refractivity contribution is 6.20. The lowest BCUT2D eigenvalue weighted by molar-refractivity contribution is 0.0702. The first-order valence-corrected chi connectivity index (χ1v) is 5.86. The second-order valence-corrected chi connectivity index (χ2v) is 4.72. The van der Waals surface area contributed by atoms with Crippen LogP contribution in [0.15, 0.2) is 35.8 Å². The third-order valence-corrected chi connectivity index (χ3v) is 3.61. The first-order chi connectivity index (χ1) is 9.43. The molecule has 0 fully saturated rings. The van der Waals surface area contributed by atoms with Crippen LogP contribution in [0.5, 0.6) is 11.5 Å². The van der Waals surface area contributed by atoms with Crippen LogP contribution in [0.1, 0.15) is 20.7 Å². The van der Waals surface area contributed by atoms with E-state index in [0.717, 1.165) is 24.3 Å². The van der Waals surface area contributed by atoms with Gasteiger partial charge in [-0.15, -0.1) is 0 Å². The molecule has 3 rings (SSSR count). The fraction of sp³-hybridized carbons (Fsp3) is 0.143. The Morgan fingerprint density at radius 2 is 1.05 bits per heavy atom. The van der Waals surface area contributed by atoms with Crippen molar-refractivity contribution in [1.29, 1.82) is 0 Å². The summed E-state index contributed by atoms with van der Waals surface area (Å²) in [6, 6.07) is 2.19. The standard InChI is InChI=1S/C14H10O6/c15-5-1-2-6(16)10-9(5)13(19)11-7(17)3-4-8(18)12(11)14(10)20/h1-4,9-10,15-18H. The van der Waals surface area contributed by atoms with Crippen LogP contribution in [0.25, 0.3) is 0 Å². The van der Waals surface area contributed by atoms with Gasteiger partial charge in [0.2, 0.25) is 0 Å². The van der Waals surface area contributed by atoms with E-state index in [2.05, 4.69) is 0 Å². The molecule has 6 nitrogen and oxygen atoms in total. The predicted octanol–water partition coefficient (Wildman–Crippen LogP) is 1.61. The number of aliphatic hydroxyl groups is 2. The van der Waals surface area contributed by atoms with E-state index >= 15 is 0 Å². The van der Waals surface area contributed by atoms with Crippen molar-refractivity contribution in [2.45, 2.75) is 0 Å². The first kappa shape index (κ1) is 12.3. The van der Waals surface area contributed by atoms with E-state index in [0.29, 0.717) is 0 Å². The number of Topliss-reactive ketones (excluding diaryl/α,β-unsaturated/α-hetero) is 2. The van der Waals surface area contributed by atoms with Gasteiger partial charge in [-0.05, 0) is 24.3 Å². The Bertz CT molecular complexity index is 652. The number of carbonyl (C=O) groups is 2. The molecule has 2 aliphatic rings. The van der Waals surface area contributed by atoms with E-state index < -0.39 is 34.9 Å². The SMILES string of the molecule is O=C1c2c(O)ccc(O)c2C(=O)C2C(O)=CC=C(O)C12. The highest BCUT2D eigenvalue weighted by atomic mass is 16.3. The summed E-state index contributed by atoms with van der Waals surface area (Å²) in [5.41, 5.74) is -0.656. The summed E-state index contributed by atoms with van der Waals surface area (Å²) in [5.74, 6) is -5.59. The minimum Gasteiger partial charge on any atom is -0.511 e. The largest absolute Gasteiger partial charge is 0.511 e. The molecule has 1 aromatic rings. The summed E-state index contributed by atoms with van der Waals surface area (Å²) in [6.45, 7) is 0. The molecule has 0 radical (unpaired) electrons. The number of aromatic hydroxyl groups is 2. The number of hydrogen-bond donors (Lipinski definition) is 4. The summed E-state index contributed by atoms with van der Waals surface area (Å²) in [7, 11) is 0. The topological polar surface area (TPSA) is 115 Å². The Balaban J connectivity index is 2.32. The van der Waals surface area contributed by atoms with Crippen LogP contribution in [0.3, 0.4) is 0 Å². The van der Waals surface area contributed by atoms with Gasteiger partial charge in [0, 0.05) is 0 Å². The highest BCUT2D eigenvalue weighted by Gasteiger charge is 2.49. The zero-order chi connectivity index (χ0) is 14.6. The van der Waals surface area contributed by atoms with Crippen molar-refractivity contribution < 1.29 is 30.0 Å². The van der Waals surface area contributed by atoms with Gasteiger partial charge in [-0.3, -0.25) is 9.59 Å². The van der Waals surface area contributed by atoms with Gasteiger partial charge in [-0.25, -0.2) is 0 Å². The molecule has 2 unspecified atom stereocenters. The Labute approximate surface area is 112 Å². The maximum absolute atomic E-state index is 12.4. The van der Waals surface area contributed by atoms with Crippen molar-refractivity contribution in [3.8, 4) is 11.5 Å². The number of fused-ring (bicyclic) bond motifs is 2. The molecule has 20 heavy (non-hydrogen) atoms. The quantitative estimate of drug-likeness (QED) is 0.534. The smallest absolute Gasteiger partial charge is 0.179 e. The number of aliphatic hydroxyl groups excluding tert-OH is 2. The molecule has 0 aliphatic heterocycles. The maximum atomic E-state index is 12.4. The average Bonchev–Trinajstić information content (AvgIpc) is 2.41. The van der Waals surface area contributed by atoms with E-state index in [9.17, 15) is 30.0 Å². The molecule has 6 heteroatoms. The summed E-state index contributed by atoms with van der Waals surface area (Å²) >= 11 is 0. The van der Waals surface area contributed by atoms with Crippen LogP contribution >= 0.6 is 0 Å². The molecule has 0 aromatic heterocycles. The monoisotopic (exact) mass is 274 g/mol. The number of ketones is 2. The summed E-state index contributed by atoms with van der Waals surface area (Å²) in [4.78, 5) is 24.7. The van der Waals surface area contributed by atoms with E-state index in [4.69, 9.17) is 0 Å². The molecule has 2 atom stereocenters. The van der Waals surface area contributed by atoms with E-state index in [1.807, 2.05) is 0 Å². The van der Waals surface area contributed by atoms with Gasteiger partial charge >= 0.3 is 0 Å². The maximum Gasteiger partial charge on any atom is 0.179 e. The normalized spacial score (nSPS) is 24.6. The zero-order valence-corrected chi connectivity index (χ0v) is 10.1. The molecule has 4 N–H and O–H groups in total. The van der Waals surface area contributed by atoms with Gasteiger partial charge in [-0.1, -0.05) is 0 Å². The van der Waals surface area contributed by atoms with Crippen molar-refractivity contribution >= 4 is 11.6 Å². The molecule has 2 aliphatic carbocycles. The van der Waals surface area contributed by atoms with E-state index in [1.165, 1.54) is 0 Å². The van der Waals surface area contributed by atoms with Gasteiger partial charge in [0.05, 0.1) is 23.0 Å². The van der Waals surface area contributed by atoms with Crippen molar-refractivity contribution in [2.75, 3.05) is 0 Å². The van der Waals surface area contributed by atoms with Gasteiger partial charge in [0.1, 0.15) is 23.0 Å². The Morgan fingerprint density at radius 3 is 1.40 bits per heavy atom. The van der Waals surface area contributed by atoms with E-state index in [1.54, 1.807) is 0 Å². The molecule has 1 aromatic carbocycles. The third-order valence-electron chi connectivity index (χ3n) is 3.61. The summed E-state index contributed by atoms with van der Waals surface area (Å²) in [6.07, 6.45) is 2.26. The Kier molecular flexibility index (Phi) is 2.37. The molecular weight excluding hydrogens is 264 g/mol. The number of allylic oxidation sites excluding steroid dienone is 4. The number of phenolic OH excluding ortho intramolecular Hbond substituents is 2. The number of carbonyl (C=O) groups excluding carboxylic acids is 2. The van der Waals surface area contributed by atoms with E-state index in [-0.39, 0.29) is 22.6 Å². The number of hydrogen-bond acceptors (Lipinski definition) is 6. The Morgan fingerprint density at radius 1 is 0.700 bits per heavy atom. The average molecular weight is 274 g/mol. The van der Waals surface area contributed by atoms with Crippen LogP contribution in [0.4, 0.5) is 0 Å². The predicted molar refractivity (Wildman–Crippen MR) is 66.8 cm³/mol. The first-order valence-electron chi connectivity index (χ1n) is 5.86. The fourth-order valence-electron chi connectivity index (χ4n) is 2.68. The van der Waals surface area contributed by atoms with Crippen LogP contribution in [-0.2, 0) is 0 Å². The van der Waals surface area contributed by atoms with Crippen LogP contribution in [0, 0.1) is 11.8 Å². The Hall–Kier alpha value is -2.76.